The number of carboxylic acids is 1. The average Bonchev–Trinajstić information content (AvgIpc) is 2.73. The predicted octanol–water partition coefficient (Wildman–Crippen LogP) is -1.02. The van der Waals surface area contributed by atoms with Crippen molar-refractivity contribution in [3.8, 4) is 0 Å². The van der Waals surface area contributed by atoms with Gasteiger partial charge < -0.3 is 14.7 Å². The van der Waals surface area contributed by atoms with Crippen molar-refractivity contribution in [3.63, 3.8) is 0 Å². The summed E-state index contributed by atoms with van der Waals surface area (Å²) >= 11 is 0. The number of amides is 1. The molecule has 1 fully saturated rings. The van der Waals surface area contributed by atoms with Crippen LogP contribution in [0.3, 0.4) is 0 Å². The molecular formula is C10H17NO6S. The first-order valence-corrected chi connectivity index (χ1v) is 7.37. The second kappa shape index (κ2) is 5.23. The largest absolute Gasteiger partial charge is 0.481 e. The molecule has 0 spiro atoms. The van der Waals surface area contributed by atoms with E-state index in [1.54, 1.807) is 0 Å². The molecule has 0 radical (unpaired) electrons. The monoisotopic (exact) mass is 279 g/mol. The number of likely N-dealkylation sites (N-methyl/N-ethyl adjacent to an activating group) is 1. The molecule has 3 atom stereocenters. The Morgan fingerprint density at radius 1 is 1.39 bits per heavy atom. The summed E-state index contributed by atoms with van der Waals surface area (Å²) in [6.45, 7) is 1.43. The standard InChI is InChI=1S/C10H17NO6S/c1-6(18(3,15)16)9(12)11(2)8-5-17-4-7(8)10(13)14/h6-8H,4-5H2,1-3H3,(H,13,14). The molecule has 0 bridgehead atoms. The number of carbonyl (C=O) groups is 2. The Morgan fingerprint density at radius 2 is 1.94 bits per heavy atom. The Hall–Kier alpha value is -1.15. The fourth-order valence-corrected chi connectivity index (χ4v) is 2.33. The van der Waals surface area contributed by atoms with E-state index in [9.17, 15) is 18.0 Å². The molecule has 7 nitrogen and oxygen atoms in total. The molecule has 1 amide bonds. The van der Waals surface area contributed by atoms with Gasteiger partial charge in [0.15, 0.2) is 9.84 Å². The van der Waals surface area contributed by atoms with Crippen LogP contribution in [0.4, 0.5) is 0 Å². The minimum absolute atomic E-state index is 0.0326. The van der Waals surface area contributed by atoms with E-state index in [2.05, 4.69) is 0 Å². The molecule has 8 heteroatoms. The van der Waals surface area contributed by atoms with E-state index in [-0.39, 0.29) is 13.2 Å². The quantitative estimate of drug-likeness (QED) is 0.706. The zero-order valence-corrected chi connectivity index (χ0v) is 11.3. The molecule has 0 aliphatic carbocycles. The molecule has 18 heavy (non-hydrogen) atoms. The van der Waals surface area contributed by atoms with Gasteiger partial charge in [-0.25, -0.2) is 8.42 Å². The minimum Gasteiger partial charge on any atom is -0.481 e. The van der Waals surface area contributed by atoms with Crippen LogP contribution >= 0.6 is 0 Å². The molecule has 1 rings (SSSR count). The molecule has 0 aromatic carbocycles. The molecule has 3 unspecified atom stereocenters. The minimum atomic E-state index is -3.49. The highest BCUT2D eigenvalue weighted by atomic mass is 32.2. The summed E-state index contributed by atoms with van der Waals surface area (Å²) in [5.41, 5.74) is 0. The van der Waals surface area contributed by atoms with Gasteiger partial charge in [0.2, 0.25) is 5.91 Å². The van der Waals surface area contributed by atoms with Gasteiger partial charge in [0.1, 0.15) is 11.2 Å². The van der Waals surface area contributed by atoms with Gasteiger partial charge in [0.05, 0.1) is 19.3 Å². The van der Waals surface area contributed by atoms with Gasteiger partial charge in [0.25, 0.3) is 0 Å². The second-order valence-corrected chi connectivity index (χ2v) is 6.84. The highest BCUT2D eigenvalue weighted by molar-refractivity contribution is 7.92. The first-order chi connectivity index (χ1) is 8.16. The maximum absolute atomic E-state index is 11.9. The van der Waals surface area contributed by atoms with Crippen molar-refractivity contribution in [2.75, 3.05) is 26.5 Å². The lowest BCUT2D eigenvalue weighted by Gasteiger charge is -2.28. The summed E-state index contributed by atoms with van der Waals surface area (Å²) in [5.74, 6) is -2.48. The van der Waals surface area contributed by atoms with Crippen LogP contribution in [-0.4, -0.2) is 68.1 Å². The summed E-state index contributed by atoms with van der Waals surface area (Å²) in [4.78, 5) is 24.1. The van der Waals surface area contributed by atoms with Crippen molar-refractivity contribution in [1.29, 1.82) is 0 Å². The van der Waals surface area contributed by atoms with E-state index >= 15 is 0 Å². The zero-order chi connectivity index (χ0) is 14.1. The number of hydrogen-bond acceptors (Lipinski definition) is 5. The maximum Gasteiger partial charge on any atom is 0.311 e. The molecule has 0 aromatic heterocycles. The topological polar surface area (TPSA) is 101 Å². The van der Waals surface area contributed by atoms with Crippen molar-refractivity contribution >= 4 is 21.7 Å². The number of ether oxygens (including phenoxy) is 1. The summed E-state index contributed by atoms with van der Waals surface area (Å²) in [6.07, 6.45) is 0.975. The number of rotatable bonds is 4. The van der Waals surface area contributed by atoms with Crippen molar-refractivity contribution in [1.82, 2.24) is 4.90 Å². The Morgan fingerprint density at radius 3 is 2.39 bits per heavy atom. The lowest BCUT2D eigenvalue weighted by Crippen LogP contribution is -2.48. The lowest BCUT2D eigenvalue weighted by molar-refractivity contribution is -0.144. The van der Waals surface area contributed by atoms with E-state index in [0.29, 0.717) is 0 Å². The van der Waals surface area contributed by atoms with Gasteiger partial charge in [0, 0.05) is 13.3 Å². The number of carboxylic acid groups (broad SMARTS) is 1. The van der Waals surface area contributed by atoms with Crippen LogP contribution in [0.2, 0.25) is 0 Å². The number of hydrogen-bond donors (Lipinski definition) is 1. The lowest BCUT2D eigenvalue weighted by atomic mass is 10.0. The number of sulfone groups is 1. The van der Waals surface area contributed by atoms with Crippen LogP contribution in [0.25, 0.3) is 0 Å². The Bertz CT molecular complexity index is 445. The number of aliphatic carboxylic acids is 1. The van der Waals surface area contributed by atoms with Crippen LogP contribution in [0.1, 0.15) is 6.92 Å². The molecule has 1 aliphatic heterocycles. The fraction of sp³-hybridized carbons (Fsp3) is 0.800. The van der Waals surface area contributed by atoms with Gasteiger partial charge in [-0.1, -0.05) is 0 Å². The van der Waals surface area contributed by atoms with E-state index < -0.39 is 38.9 Å². The van der Waals surface area contributed by atoms with Crippen LogP contribution < -0.4 is 0 Å². The third-order valence-electron chi connectivity index (χ3n) is 3.20. The van der Waals surface area contributed by atoms with Crippen molar-refractivity contribution in [3.05, 3.63) is 0 Å². The average molecular weight is 279 g/mol. The predicted molar refractivity (Wildman–Crippen MR) is 62.8 cm³/mol. The smallest absolute Gasteiger partial charge is 0.311 e. The fourth-order valence-electron chi connectivity index (χ4n) is 1.79. The summed E-state index contributed by atoms with van der Waals surface area (Å²) in [7, 11) is -2.09. The van der Waals surface area contributed by atoms with Gasteiger partial charge >= 0.3 is 5.97 Å². The summed E-state index contributed by atoms with van der Waals surface area (Å²) < 4.78 is 27.7. The number of carbonyl (C=O) groups excluding carboxylic acids is 1. The van der Waals surface area contributed by atoms with E-state index in [0.717, 1.165) is 11.2 Å². The van der Waals surface area contributed by atoms with Gasteiger partial charge in [-0.2, -0.15) is 0 Å². The van der Waals surface area contributed by atoms with Crippen LogP contribution in [0, 0.1) is 5.92 Å². The van der Waals surface area contributed by atoms with Gasteiger partial charge in [-0.15, -0.1) is 0 Å². The summed E-state index contributed by atoms with van der Waals surface area (Å²) in [5, 5.41) is 7.79. The molecule has 0 aromatic rings. The molecule has 1 saturated heterocycles. The third-order valence-corrected chi connectivity index (χ3v) is 4.69. The van der Waals surface area contributed by atoms with Crippen molar-refractivity contribution in [2.24, 2.45) is 5.92 Å². The van der Waals surface area contributed by atoms with Crippen LogP contribution in [0.15, 0.2) is 0 Å². The highest BCUT2D eigenvalue weighted by Crippen LogP contribution is 2.20. The molecule has 1 N–H and O–H groups in total. The highest BCUT2D eigenvalue weighted by Gasteiger charge is 2.40. The molecule has 1 aliphatic rings. The normalized spacial score (nSPS) is 25.7. The van der Waals surface area contributed by atoms with E-state index in [1.165, 1.54) is 14.0 Å². The third kappa shape index (κ3) is 2.99. The molecule has 0 saturated carbocycles. The molecule has 1 heterocycles. The Kier molecular flexibility index (Phi) is 4.33. The second-order valence-electron chi connectivity index (χ2n) is 4.47. The van der Waals surface area contributed by atoms with Gasteiger partial charge in [-0.05, 0) is 6.92 Å². The van der Waals surface area contributed by atoms with Crippen LogP contribution in [-0.2, 0) is 24.2 Å². The molecular weight excluding hydrogens is 262 g/mol. The Balaban J connectivity index is 2.84. The number of nitrogens with zero attached hydrogens (tertiary/aromatic N) is 1. The van der Waals surface area contributed by atoms with E-state index in [1.807, 2.05) is 0 Å². The Labute approximate surface area is 106 Å². The van der Waals surface area contributed by atoms with Crippen LogP contribution in [0.5, 0.6) is 0 Å². The van der Waals surface area contributed by atoms with E-state index in [4.69, 9.17) is 9.84 Å². The van der Waals surface area contributed by atoms with Crippen molar-refractivity contribution < 1.29 is 27.9 Å². The summed E-state index contributed by atoms with van der Waals surface area (Å²) in [6, 6.07) is -0.626. The van der Waals surface area contributed by atoms with Crippen molar-refractivity contribution in [2.45, 2.75) is 18.2 Å². The maximum atomic E-state index is 11.9. The first kappa shape index (κ1) is 14.9. The van der Waals surface area contributed by atoms with Gasteiger partial charge in [-0.3, -0.25) is 9.59 Å². The zero-order valence-electron chi connectivity index (χ0n) is 10.5. The first-order valence-electron chi connectivity index (χ1n) is 5.42. The molecule has 104 valence electrons. The SMILES string of the molecule is CC(C(=O)N(C)C1COCC1C(=O)O)S(C)(=O)=O.